The van der Waals surface area contributed by atoms with Crippen molar-refractivity contribution in [2.75, 3.05) is 13.1 Å². The second-order valence-electron chi connectivity index (χ2n) is 4.95. The smallest absolute Gasteiger partial charge is 0.318 e. The third kappa shape index (κ3) is 5.05. The second-order valence-corrected chi connectivity index (χ2v) is 4.95. The molecular formula is C18H21N3O. The summed E-state index contributed by atoms with van der Waals surface area (Å²) in [5, 5.41) is 2.90. The summed E-state index contributed by atoms with van der Waals surface area (Å²) >= 11 is 0. The van der Waals surface area contributed by atoms with Crippen molar-refractivity contribution in [3.8, 4) is 0 Å². The molecule has 0 fully saturated rings. The molecule has 22 heavy (non-hydrogen) atoms. The minimum atomic E-state index is -0.0958. The molecule has 0 bridgehead atoms. The lowest BCUT2D eigenvalue weighted by molar-refractivity contribution is 0.203. The first-order valence-electron chi connectivity index (χ1n) is 7.37. The van der Waals surface area contributed by atoms with Gasteiger partial charge in [0.25, 0.3) is 0 Å². The van der Waals surface area contributed by atoms with Crippen LogP contribution in [-0.2, 0) is 13.0 Å². The van der Waals surface area contributed by atoms with Gasteiger partial charge in [0, 0.05) is 19.3 Å². The van der Waals surface area contributed by atoms with Gasteiger partial charge in [-0.15, -0.1) is 6.58 Å². The fourth-order valence-corrected chi connectivity index (χ4v) is 2.12. The number of nitrogens with zero attached hydrogens (tertiary/aromatic N) is 2. The van der Waals surface area contributed by atoms with Crippen molar-refractivity contribution in [2.45, 2.75) is 13.0 Å². The van der Waals surface area contributed by atoms with Gasteiger partial charge >= 0.3 is 6.03 Å². The molecule has 4 heteroatoms. The molecule has 0 radical (unpaired) electrons. The van der Waals surface area contributed by atoms with Crippen molar-refractivity contribution < 1.29 is 4.79 Å². The van der Waals surface area contributed by atoms with Crippen LogP contribution < -0.4 is 5.32 Å². The molecule has 0 aliphatic carbocycles. The van der Waals surface area contributed by atoms with Gasteiger partial charge < -0.3 is 10.2 Å². The Hall–Kier alpha value is -2.62. The van der Waals surface area contributed by atoms with Crippen LogP contribution in [0.25, 0.3) is 0 Å². The van der Waals surface area contributed by atoms with E-state index in [0.29, 0.717) is 19.6 Å². The highest BCUT2D eigenvalue weighted by molar-refractivity contribution is 5.74. The molecule has 0 aliphatic rings. The maximum atomic E-state index is 12.3. The monoisotopic (exact) mass is 295 g/mol. The lowest BCUT2D eigenvalue weighted by Gasteiger charge is -2.21. The first-order chi connectivity index (χ1) is 10.8. The van der Waals surface area contributed by atoms with Crippen molar-refractivity contribution in [2.24, 2.45) is 0 Å². The maximum Gasteiger partial charge on any atom is 0.318 e. The Bertz CT molecular complexity index is 584. The van der Waals surface area contributed by atoms with Gasteiger partial charge in [-0.05, 0) is 24.1 Å². The molecular weight excluding hydrogens is 274 g/mol. The number of amides is 2. The third-order valence-electron chi connectivity index (χ3n) is 3.30. The summed E-state index contributed by atoms with van der Waals surface area (Å²) < 4.78 is 0. The van der Waals surface area contributed by atoms with Crippen molar-refractivity contribution in [1.82, 2.24) is 15.2 Å². The van der Waals surface area contributed by atoms with E-state index in [1.807, 2.05) is 36.4 Å². The molecule has 1 aromatic heterocycles. The standard InChI is InChI=1S/C18H21N3O/c1-2-13-21(14-11-16-8-4-3-5-9-16)18(22)20-15-17-10-6-7-12-19-17/h2-10,12H,1,11,13-15H2,(H,20,22). The molecule has 0 aliphatic heterocycles. The van der Waals surface area contributed by atoms with E-state index >= 15 is 0 Å². The van der Waals surface area contributed by atoms with Crippen LogP contribution in [0.1, 0.15) is 11.3 Å². The highest BCUT2D eigenvalue weighted by Crippen LogP contribution is 2.02. The number of urea groups is 1. The number of hydrogen-bond acceptors (Lipinski definition) is 2. The summed E-state index contributed by atoms with van der Waals surface area (Å²) in [4.78, 5) is 18.2. The zero-order valence-corrected chi connectivity index (χ0v) is 12.6. The Morgan fingerprint density at radius 2 is 1.95 bits per heavy atom. The quantitative estimate of drug-likeness (QED) is 0.798. The van der Waals surface area contributed by atoms with E-state index in [1.165, 1.54) is 5.56 Å². The number of carbonyl (C=O) groups is 1. The van der Waals surface area contributed by atoms with Crippen LogP contribution in [0.5, 0.6) is 0 Å². The molecule has 0 atom stereocenters. The fourth-order valence-electron chi connectivity index (χ4n) is 2.12. The molecule has 0 unspecified atom stereocenters. The second kappa shape index (κ2) is 8.62. The summed E-state index contributed by atoms with van der Waals surface area (Å²) in [6.07, 6.45) is 4.29. The van der Waals surface area contributed by atoms with E-state index in [-0.39, 0.29) is 6.03 Å². The van der Waals surface area contributed by atoms with Crippen LogP contribution in [0.2, 0.25) is 0 Å². The number of benzene rings is 1. The number of pyridine rings is 1. The van der Waals surface area contributed by atoms with Crippen molar-refractivity contribution in [3.05, 3.63) is 78.6 Å². The summed E-state index contributed by atoms with van der Waals surface area (Å²) in [7, 11) is 0. The van der Waals surface area contributed by atoms with Gasteiger partial charge in [-0.2, -0.15) is 0 Å². The number of carbonyl (C=O) groups excluding carboxylic acids is 1. The number of aromatic nitrogens is 1. The third-order valence-corrected chi connectivity index (χ3v) is 3.30. The van der Waals surface area contributed by atoms with Crippen LogP contribution in [0, 0.1) is 0 Å². The van der Waals surface area contributed by atoms with Crippen LogP contribution in [-0.4, -0.2) is 29.0 Å². The molecule has 114 valence electrons. The molecule has 1 N–H and O–H groups in total. The first kappa shape index (κ1) is 15.8. The van der Waals surface area contributed by atoms with Gasteiger partial charge in [-0.25, -0.2) is 4.79 Å². The Morgan fingerprint density at radius 3 is 2.64 bits per heavy atom. The summed E-state index contributed by atoms with van der Waals surface area (Å²) in [5.74, 6) is 0. The van der Waals surface area contributed by atoms with Gasteiger partial charge in [0.2, 0.25) is 0 Å². The Morgan fingerprint density at radius 1 is 1.18 bits per heavy atom. The average molecular weight is 295 g/mol. The molecule has 4 nitrogen and oxygen atoms in total. The van der Waals surface area contributed by atoms with Crippen molar-refractivity contribution in [1.29, 1.82) is 0 Å². The average Bonchev–Trinajstić information content (AvgIpc) is 2.58. The molecule has 2 amide bonds. The zero-order chi connectivity index (χ0) is 15.6. The van der Waals surface area contributed by atoms with Gasteiger partial charge in [0.15, 0.2) is 0 Å². The molecule has 1 heterocycles. The van der Waals surface area contributed by atoms with E-state index in [2.05, 4.69) is 29.0 Å². The zero-order valence-electron chi connectivity index (χ0n) is 12.6. The van der Waals surface area contributed by atoms with E-state index in [0.717, 1.165) is 12.1 Å². The van der Waals surface area contributed by atoms with Crippen molar-refractivity contribution >= 4 is 6.03 Å². The molecule has 1 aromatic carbocycles. The maximum absolute atomic E-state index is 12.3. The number of hydrogen-bond donors (Lipinski definition) is 1. The predicted molar refractivity (Wildman–Crippen MR) is 88.4 cm³/mol. The molecule has 0 saturated heterocycles. The van der Waals surface area contributed by atoms with Crippen LogP contribution >= 0.6 is 0 Å². The van der Waals surface area contributed by atoms with Crippen molar-refractivity contribution in [3.63, 3.8) is 0 Å². The molecule has 2 aromatic rings. The topological polar surface area (TPSA) is 45.2 Å². The largest absolute Gasteiger partial charge is 0.332 e. The Kier molecular flexibility index (Phi) is 6.18. The minimum absolute atomic E-state index is 0.0958. The summed E-state index contributed by atoms with van der Waals surface area (Å²) in [6.45, 7) is 5.34. The lowest BCUT2D eigenvalue weighted by Crippen LogP contribution is -2.41. The molecule has 0 spiro atoms. The summed E-state index contributed by atoms with van der Waals surface area (Å²) in [6, 6.07) is 15.7. The predicted octanol–water partition coefficient (Wildman–Crippen LogP) is 3.02. The summed E-state index contributed by atoms with van der Waals surface area (Å²) in [5.41, 5.74) is 2.06. The minimum Gasteiger partial charge on any atom is -0.332 e. The Balaban J connectivity index is 1.86. The molecule has 0 saturated carbocycles. The van der Waals surface area contributed by atoms with Gasteiger partial charge in [-0.3, -0.25) is 4.98 Å². The highest BCUT2D eigenvalue weighted by Gasteiger charge is 2.11. The number of rotatable bonds is 7. The van der Waals surface area contributed by atoms with E-state index in [4.69, 9.17) is 0 Å². The first-order valence-corrected chi connectivity index (χ1v) is 7.37. The van der Waals surface area contributed by atoms with Crippen LogP contribution in [0.3, 0.4) is 0 Å². The Labute approximate surface area is 131 Å². The van der Waals surface area contributed by atoms with Crippen LogP contribution in [0.15, 0.2) is 67.4 Å². The van der Waals surface area contributed by atoms with Gasteiger partial charge in [0.05, 0.1) is 12.2 Å². The highest BCUT2D eigenvalue weighted by atomic mass is 16.2. The van der Waals surface area contributed by atoms with E-state index < -0.39 is 0 Å². The normalized spacial score (nSPS) is 10.0. The lowest BCUT2D eigenvalue weighted by atomic mass is 10.1. The molecule has 2 rings (SSSR count). The van der Waals surface area contributed by atoms with Gasteiger partial charge in [0.1, 0.15) is 0 Å². The van der Waals surface area contributed by atoms with E-state index in [1.54, 1.807) is 17.2 Å². The SMILES string of the molecule is C=CCN(CCc1ccccc1)C(=O)NCc1ccccn1. The van der Waals surface area contributed by atoms with Gasteiger partial charge in [-0.1, -0.05) is 42.5 Å². The van der Waals surface area contributed by atoms with Crippen LogP contribution in [0.4, 0.5) is 4.79 Å². The fraction of sp³-hybridized carbons (Fsp3) is 0.222. The van der Waals surface area contributed by atoms with E-state index in [9.17, 15) is 4.79 Å². The number of nitrogens with one attached hydrogen (secondary N) is 1.